The van der Waals surface area contributed by atoms with Crippen LogP contribution in [-0.4, -0.2) is 0 Å². The van der Waals surface area contributed by atoms with Gasteiger partial charge in [0.25, 0.3) is 0 Å². The van der Waals surface area contributed by atoms with Crippen LogP contribution < -0.4 is 4.52 Å². The number of rotatable bonds is 9. The van der Waals surface area contributed by atoms with Gasteiger partial charge in [0, 0.05) is 0 Å². The highest BCUT2D eigenvalue weighted by atomic mass is 32.4. The summed E-state index contributed by atoms with van der Waals surface area (Å²) in [6, 6.07) is 8.39. The fourth-order valence-corrected chi connectivity index (χ4v) is 3.79. The Morgan fingerprint density at radius 2 is 1.48 bits per heavy atom. The van der Waals surface area contributed by atoms with Crippen molar-refractivity contribution in [2.75, 3.05) is 0 Å². The summed E-state index contributed by atoms with van der Waals surface area (Å²) in [4.78, 5) is 0. The molecule has 0 aliphatic heterocycles. The van der Waals surface area contributed by atoms with Gasteiger partial charge in [-0.1, -0.05) is 46.8 Å². The number of hydrogen-bond acceptors (Lipinski definition) is 2. The second-order valence-electron chi connectivity index (χ2n) is 6.95. The van der Waals surface area contributed by atoms with Crippen molar-refractivity contribution in [1.82, 2.24) is 0 Å². The van der Waals surface area contributed by atoms with Crippen molar-refractivity contribution in [2.24, 2.45) is 17.8 Å². The summed E-state index contributed by atoms with van der Waals surface area (Å²) in [6.07, 6.45) is 3.92. The van der Waals surface area contributed by atoms with Gasteiger partial charge in [0.15, 0.2) is 0 Å². The van der Waals surface area contributed by atoms with E-state index >= 15 is 0 Å². The molecule has 0 N–H and O–H groups in total. The Balaban J connectivity index is 2.47. The topological polar surface area (TPSA) is 9.23 Å². The summed E-state index contributed by atoms with van der Waals surface area (Å²) in [5, 5.41) is 0. The molecule has 3 atom stereocenters. The van der Waals surface area contributed by atoms with Crippen molar-refractivity contribution < 1.29 is 4.52 Å². The van der Waals surface area contributed by atoms with Crippen LogP contribution in [0.4, 0.5) is 0 Å². The average molecular weight is 324 g/mol. The Kier molecular flexibility index (Phi) is 8.44. The summed E-state index contributed by atoms with van der Waals surface area (Å²) in [5.74, 6) is 3.87. The minimum Gasteiger partial charge on any atom is -0.429 e. The van der Waals surface area contributed by atoms with E-state index in [1.54, 1.807) is 0 Å². The Hall–Kier alpha value is -0.460. The van der Waals surface area contributed by atoms with Crippen molar-refractivity contribution >= 4 is 19.4 Å². The highest BCUT2D eigenvalue weighted by Crippen LogP contribution is 2.29. The zero-order chi connectivity index (χ0) is 15.8. The average Bonchev–Trinajstić information content (AvgIpc) is 2.38. The van der Waals surface area contributed by atoms with E-state index < -0.39 is 0 Å². The van der Waals surface area contributed by atoms with Crippen LogP contribution in [-0.2, 0) is 11.8 Å². The first-order chi connectivity index (χ1) is 9.92. The normalized spacial score (nSPS) is 15.9. The van der Waals surface area contributed by atoms with Crippen molar-refractivity contribution in [2.45, 2.75) is 59.8 Å². The quantitative estimate of drug-likeness (QED) is 0.474. The third kappa shape index (κ3) is 7.38. The van der Waals surface area contributed by atoms with Crippen LogP contribution in [0.3, 0.4) is 0 Å². The van der Waals surface area contributed by atoms with E-state index in [9.17, 15) is 0 Å². The molecule has 21 heavy (non-hydrogen) atoms. The second kappa shape index (κ2) is 9.54. The highest BCUT2D eigenvalue weighted by molar-refractivity contribution is 7.94. The second-order valence-corrected chi connectivity index (χ2v) is 7.73. The van der Waals surface area contributed by atoms with Crippen molar-refractivity contribution in [3.05, 3.63) is 29.8 Å². The van der Waals surface area contributed by atoms with Crippen LogP contribution >= 0.6 is 7.58 Å². The van der Waals surface area contributed by atoms with Crippen LogP contribution in [0.2, 0.25) is 0 Å². The molecule has 1 aromatic rings. The van der Waals surface area contributed by atoms with E-state index in [1.165, 1.54) is 24.8 Å². The van der Waals surface area contributed by atoms with Gasteiger partial charge in [-0.3, -0.25) is 0 Å². The Morgan fingerprint density at radius 1 is 0.905 bits per heavy atom. The third-order valence-electron chi connectivity index (χ3n) is 4.03. The monoisotopic (exact) mass is 324 g/mol. The van der Waals surface area contributed by atoms with Crippen LogP contribution in [0.1, 0.15) is 65.4 Å². The zero-order valence-corrected chi connectivity index (χ0v) is 15.7. The van der Waals surface area contributed by atoms with Gasteiger partial charge >= 0.3 is 0 Å². The van der Waals surface area contributed by atoms with Crippen LogP contribution in [0.5, 0.6) is 5.75 Å². The molecule has 0 heterocycles. The van der Waals surface area contributed by atoms with E-state index in [0.717, 1.165) is 23.5 Å². The molecular formula is C18H29OPS. The third-order valence-corrected chi connectivity index (χ3v) is 4.54. The van der Waals surface area contributed by atoms with Gasteiger partial charge in [0.05, 0.1) is 0 Å². The molecule has 0 amide bonds. The molecule has 1 rings (SSSR count). The lowest BCUT2D eigenvalue weighted by atomic mass is 9.84. The molecular weight excluding hydrogens is 295 g/mol. The van der Waals surface area contributed by atoms with Gasteiger partial charge in [0.2, 0.25) is 7.58 Å². The first-order valence-electron chi connectivity index (χ1n) is 8.02. The predicted octanol–water partition coefficient (Wildman–Crippen LogP) is 6.59. The van der Waals surface area contributed by atoms with Crippen molar-refractivity contribution in [3.63, 3.8) is 0 Å². The molecule has 0 radical (unpaired) electrons. The van der Waals surface area contributed by atoms with E-state index in [2.05, 4.69) is 46.8 Å². The summed E-state index contributed by atoms with van der Waals surface area (Å²) in [6.45, 7) is 11.7. The smallest absolute Gasteiger partial charge is 0.205 e. The van der Waals surface area contributed by atoms with Crippen LogP contribution in [0, 0.1) is 17.8 Å². The molecule has 0 aliphatic carbocycles. The van der Waals surface area contributed by atoms with Crippen molar-refractivity contribution in [3.8, 4) is 5.75 Å². The van der Waals surface area contributed by atoms with Gasteiger partial charge in [0.1, 0.15) is 5.75 Å². The molecule has 0 saturated heterocycles. The highest BCUT2D eigenvalue weighted by Gasteiger charge is 2.14. The molecule has 1 nitrogen and oxygen atoms in total. The van der Waals surface area contributed by atoms with E-state index in [-0.39, 0.29) is 0 Å². The molecule has 0 fully saturated rings. The standard InChI is InChI=1S/C18H29OPS/c1-13(2)10-14(3)11-15(4)12-16(5)17-6-8-18(9-7-17)19-20-21/h6-9,13-16H,10-12H2,1-5H3. The summed E-state index contributed by atoms with van der Waals surface area (Å²) >= 11 is 4.80. The minimum atomic E-state index is 0.538. The minimum absolute atomic E-state index is 0.538. The van der Waals surface area contributed by atoms with Gasteiger partial charge in [-0.05, 0) is 72.4 Å². The Labute approximate surface area is 137 Å². The maximum absolute atomic E-state index is 5.30. The Morgan fingerprint density at radius 3 is 2.00 bits per heavy atom. The first-order valence-corrected chi connectivity index (χ1v) is 9.84. The molecule has 118 valence electrons. The SMILES string of the molecule is CC(C)CC(C)CC(C)CC(C)c1ccc(OP=S)cc1. The first kappa shape index (κ1) is 18.6. The molecule has 0 spiro atoms. The number of hydrogen-bond donors (Lipinski definition) is 0. The fourth-order valence-electron chi connectivity index (χ4n) is 3.32. The molecule has 0 aromatic heterocycles. The summed E-state index contributed by atoms with van der Waals surface area (Å²) < 4.78 is 5.30. The van der Waals surface area contributed by atoms with E-state index in [1.807, 2.05) is 12.1 Å². The Bertz CT molecular complexity index is 416. The van der Waals surface area contributed by atoms with Gasteiger partial charge in [-0.25, -0.2) is 0 Å². The van der Waals surface area contributed by atoms with E-state index in [4.69, 9.17) is 16.3 Å². The lowest BCUT2D eigenvalue weighted by Gasteiger charge is -2.22. The fraction of sp³-hybridized carbons (Fsp3) is 0.667. The molecule has 0 bridgehead atoms. The van der Waals surface area contributed by atoms with E-state index in [0.29, 0.717) is 13.5 Å². The van der Waals surface area contributed by atoms with Crippen LogP contribution in [0.25, 0.3) is 0 Å². The number of benzene rings is 1. The van der Waals surface area contributed by atoms with Gasteiger partial charge in [-0.15, -0.1) is 0 Å². The lowest BCUT2D eigenvalue weighted by molar-refractivity contribution is 0.333. The molecule has 1 aromatic carbocycles. The predicted molar refractivity (Wildman–Crippen MR) is 96.8 cm³/mol. The largest absolute Gasteiger partial charge is 0.429 e. The van der Waals surface area contributed by atoms with Crippen LogP contribution in [0.15, 0.2) is 24.3 Å². The molecule has 3 unspecified atom stereocenters. The van der Waals surface area contributed by atoms with Gasteiger partial charge < -0.3 is 4.52 Å². The maximum atomic E-state index is 5.30. The van der Waals surface area contributed by atoms with Crippen molar-refractivity contribution in [1.29, 1.82) is 0 Å². The van der Waals surface area contributed by atoms with Gasteiger partial charge in [-0.2, -0.15) is 0 Å². The molecule has 0 aliphatic rings. The zero-order valence-electron chi connectivity index (χ0n) is 14.0. The summed E-state index contributed by atoms with van der Waals surface area (Å²) in [5.41, 5.74) is 1.40. The molecule has 0 saturated carbocycles. The lowest BCUT2D eigenvalue weighted by Crippen LogP contribution is -2.09. The molecule has 3 heteroatoms. The summed E-state index contributed by atoms with van der Waals surface area (Å²) in [7, 11) is 0.538. The maximum Gasteiger partial charge on any atom is 0.205 e.